The van der Waals surface area contributed by atoms with Crippen molar-refractivity contribution in [1.82, 2.24) is 14.8 Å². The summed E-state index contributed by atoms with van der Waals surface area (Å²) in [5, 5.41) is 12.9. The second-order valence-corrected chi connectivity index (χ2v) is 8.09. The molecule has 0 aliphatic carbocycles. The van der Waals surface area contributed by atoms with Gasteiger partial charge in [-0.25, -0.2) is 0 Å². The van der Waals surface area contributed by atoms with Gasteiger partial charge in [0, 0.05) is 35.8 Å². The molecule has 0 bridgehead atoms. The van der Waals surface area contributed by atoms with Crippen LogP contribution in [0.3, 0.4) is 0 Å². The number of methoxy groups -OCH3 is 1. The summed E-state index contributed by atoms with van der Waals surface area (Å²) in [6, 6.07) is 12.9. The first kappa shape index (κ1) is 23.2. The van der Waals surface area contributed by atoms with Crippen LogP contribution < -0.4 is 15.4 Å². The van der Waals surface area contributed by atoms with E-state index in [1.165, 1.54) is 0 Å². The van der Waals surface area contributed by atoms with E-state index in [-0.39, 0.29) is 24.2 Å². The molecule has 1 aromatic heterocycles. The molecule has 3 N–H and O–H groups in total. The first-order valence-electron chi connectivity index (χ1n) is 10.3. The molecule has 2 aromatic carbocycles. The summed E-state index contributed by atoms with van der Waals surface area (Å²) in [6.45, 7) is 5.92. The number of nitrogens with one attached hydrogen (secondary N) is 3. The Kier molecular flexibility index (Phi) is 7.42. The number of H-pyrrole nitrogens is 1. The second-order valence-electron chi connectivity index (χ2n) is 7.70. The van der Waals surface area contributed by atoms with Gasteiger partial charge in [0.05, 0.1) is 7.11 Å². The zero-order valence-electron chi connectivity index (χ0n) is 18.6. The van der Waals surface area contributed by atoms with Gasteiger partial charge in [0.2, 0.25) is 11.8 Å². The Hall–Kier alpha value is -3.46. The van der Waals surface area contributed by atoms with Crippen LogP contribution in [0.4, 0.5) is 11.4 Å². The van der Waals surface area contributed by atoms with E-state index >= 15 is 0 Å². The SMILES string of the molecule is COc1ccc(-c2n[nH]c(=S)n2CCC(=O)Nc2cc(NC(=O)C(C)C)ccc2C)cc1. The van der Waals surface area contributed by atoms with Crippen molar-refractivity contribution in [3.8, 4) is 17.1 Å². The number of hydrogen-bond acceptors (Lipinski definition) is 5. The second kappa shape index (κ2) is 10.2. The Bertz CT molecular complexity index is 1170. The standard InChI is InChI=1S/C23H27N5O3S/c1-14(2)22(30)24-17-8-5-15(3)19(13-17)25-20(29)11-12-28-21(26-27-23(28)32)16-6-9-18(31-4)10-7-16/h5-10,13-14H,11-12H2,1-4H3,(H,24,30)(H,25,29)(H,27,32). The minimum Gasteiger partial charge on any atom is -0.497 e. The topological polar surface area (TPSA) is 101 Å². The van der Waals surface area contributed by atoms with Gasteiger partial charge >= 0.3 is 0 Å². The van der Waals surface area contributed by atoms with Gasteiger partial charge in [0.1, 0.15) is 5.75 Å². The number of aryl methyl sites for hydroxylation is 1. The quantitative estimate of drug-likeness (QED) is 0.435. The van der Waals surface area contributed by atoms with Crippen molar-refractivity contribution in [1.29, 1.82) is 0 Å². The molecule has 0 aliphatic rings. The van der Waals surface area contributed by atoms with Crippen molar-refractivity contribution < 1.29 is 14.3 Å². The number of aromatic nitrogens is 3. The van der Waals surface area contributed by atoms with Crippen LogP contribution in [0.1, 0.15) is 25.8 Å². The number of benzene rings is 2. The molecule has 168 valence electrons. The van der Waals surface area contributed by atoms with E-state index in [1.54, 1.807) is 17.7 Å². The molecule has 3 rings (SSSR count). The van der Waals surface area contributed by atoms with Gasteiger partial charge in [-0.05, 0) is 61.1 Å². The average molecular weight is 454 g/mol. The Morgan fingerprint density at radius 3 is 2.53 bits per heavy atom. The maximum Gasteiger partial charge on any atom is 0.226 e. The van der Waals surface area contributed by atoms with E-state index in [9.17, 15) is 9.59 Å². The highest BCUT2D eigenvalue weighted by molar-refractivity contribution is 7.71. The van der Waals surface area contributed by atoms with Gasteiger partial charge in [0.15, 0.2) is 10.6 Å². The van der Waals surface area contributed by atoms with Crippen molar-refractivity contribution in [2.24, 2.45) is 5.92 Å². The first-order valence-corrected chi connectivity index (χ1v) is 10.7. The Morgan fingerprint density at radius 2 is 1.88 bits per heavy atom. The molecule has 0 radical (unpaired) electrons. The molecule has 8 nitrogen and oxygen atoms in total. The third kappa shape index (κ3) is 5.61. The van der Waals surface area contributed by atoms with E-state index in [0.29, 0.717) is 28.5 Å². The summed E-state index contributed by atoms with van der Waals surface area (Å²) in [6.07, 6.45) is 0.207. The largest absolute Gasteiger partial charge is 0.497 e. The number of aromatic amines is 1. The lowest BCUT2D eigenvalue weighted by Gasteiger charge is -2.13. The predicted molar refractivity (Wildman–Crippen MR) is 127 cm³/mol. The van der Waals surface area contributed by atoms with Gasteiger partial charge in [-0.1, -0.05) is 19.9 Å². The Labute approximate surface area is 192 Å². The molecule has 0 atom stereocenters. The molecule has 0 fully saturated rings. The van der Waals surface area contributed by atoms with Crippen LogP contribution in [0.5, 0.6) is 5.75 Å². The summed E-state index contributed by atoms with van der Waals surface area (Å²) < 4.78 is 7.43. The van der Waals surface area contributed by atoms with Crippen molar-refractivity contribution in [2.45, 2.75) is 33.7 Å². The average Bonchev–Trinajstić information content (AvgIpc) is 3.14. The molecule has 2 amide bonds. The summed E-state index contributed by atoms with van der Waals surface area (Å²) in [5.74, 6) is 1.03. The summed E-state index contributed by atoms with van der Waals surface area (Å²) in [5.41, 5.74) is 3.06. The molecular formula is C23H27N5O3S. The lowest BCUT2D eigenvalue weighted by Crippen LogP contribution is -2.19. The molecule has 3 aromatic rings. The van der Waals surface area contributed by atoms with Crippen molar-refractivity contribution >= 4 is 35.4 Å². The number of nitrogens with zero attached hydrogens (tertiary/aromatic N) is 2. The van der Waals surface area contributed by atoms with Gasteiger partial charge in [-0.15, -0.1) is 0 Å². The first-order chi connectivity index (χ1) is 15.3. The number of rotatable bonds is 8. The molecule has 9 heteroatoms. The zero-order valence-corrected chi connectivity index (χ0v) is 19.4. The highest BCUT2D eigenvalue weighted by Crippen LogP contribution is 2.23. The van der Waals surface area contributed by atoms with E-state index in [1.807, 2.05) is 57.2 Å². The van der Waals surface area contributed by atoms with Crippen LogP contribution in [0.25, 0.3) is 11.4 Å². The van der Waals surface area contributed by atoms with Crippen LogP contribution in [-0.2, 0) is 16.1 Å². The van der Waals surface area contributed by atoms with E-state index < -0.39 is 0 Å². The normalized spacial score (nSPS) is 10.8. The molecular weight excluding hydrogens is 426 g/mol. The smallest absolute Gasteiger partial charge is 0.226 e. The Morgan fingerprint density at radius 1 is 1.16 bits per heavy atom. The van der Waals surface area contributed by atoms with Crippen LogP contribution in [0.2, 0.25) is 0 Å². The molecule has 1 heterocycles. The zero-order chi connectivity index (χ0) is 23.3. The van der Waals surface area contributed by atoms with Gasteiger partial charge in [-0.2, -0.15) is 5.10 Å². The van der Waals surface area contributed by atoms with Gasteiger partial charge in [-0.3, -0.25) is 19.3 Å². The van der Waals surface area contributed by atoms with Crippen molar-refractivity contribution in [3.63, 3.8) is 0 Å². The third-order valence-corrected chi connectivity index (χ3v) is 5.28. The number of amides is 2. The molecule has 0 aliphatic heterocycles. The fraction of sp³-hybridized carbons (Fsp3) is 0.304. The summed E-state index contributed by atoms with van der Waals surface area (Å²) in [7, 11) is 1.61. The van der Waals surface area contributed by atoms with E-state index in [4.69, 9.17) is 17.0 Å². The lowest BCUT2D eigenvalue weighted by molar-refractivity contribution is -0.119. The minimum atomic E-state index is -0.163. The molecule has 0 saturated carbocycles. The van der Waals surface area contributed by atoms with Crippen LogP contribution in [-0.4, -0.2) is 33.7 Å². The Balaban J connectivity index is 1.69. The van der Waals surface area contributed by atoms with E-state index in [0.717, 1.165) is 16.9 Å². The van der Waals surface area contributed by atoms with Gasteiger partial charge in [0.25, 0.3) is 0 Å². The number of carbonyl (C=O) groups excluding carboxylic acids is 2. The monoisotopic (exact) mass is 453 g/mol. The van der Waals surface area contributed by atoms with Crippen LogP contribution >= 0.6 is 12.2 Å². The highest BCUT2D eigenvalue weighted by Gasteiger charge is 2.13. The fourth-order valence-corrected chi connectivity index (χ4v) is 3.26. The minimum absolute atomic E-state index is 0.0773. The molecule has 0 spiro atoms. The summed E-state index contributed by atoms with van der Waals surface area (Å²) >= 11 is 5.35. The number of carbonyl (C=O) groups is 2. The summed E-state index contributed by atoms with van der Waals surface area (Å²) in [4.78, 5) is 24.6. The van der Waals surface area contributed by atoms with Gasteiger partial charge < -0.3 is 15.4 Å². The molecule has 0 unspecified atom stereocenters. The van der Waals surface area contributed by atoms with Crippen LogP contribution in [0, 0.1) is 17.6 Å². The predicted octanol–water partition coefficient (Wildman–Crippen LogP) is 4.55. The van der Waals surface area contributed by atoms with Crippen molar-refractivity contribution in [2.75, 3.05) is 17.7 Å². The molecule has 0 saturated heterocycles. The third-order valence-electron chi connectivity index (χ3n) is 4.97. The number of ether oxygens (including phenoxy) is 1. The van der Waals surface area contributed by atoms with Crippen molar-refractivity contribution in [3.05, 3.63) is 52.8 Å². The maximum absolute atomic E-state index is 12.7. The van der Waals surface area contributed by atoms with E-state index in [2.05, 4.69) is 20.8 Å². The van der Waals surface area contributed by atoms with Crippen LogP contribution in [0.15, 0.2) is 42.5 Å². The number of anilines is 2. The fourth-order valence-electron chi connectivity index (χ4n) is 3.03. The number of hydrogen-bond donors (Lipinski definition) is 3. The maximum atomic E-state index is 12.7. The highest BCUT2D eigenvalue weighted by atomic mass is 32.1. The molecule has 32 heavy (non-hydrogen) atoms. The lowest BCUT2D eigenvalue weighted by atomic mass is 10.1.